The van der Waals surface area contributed by atoms with Gasteiger partial charge in [-0.1, -0.05) is 6.07 Å². The first-order valence-electron chi connectivity index (χ1n) is 7.75. The number of benzene rings is 1. The van der Waals surface area contributed by atoms with E-state index in [0.717, 1.165) is 0 Å². The number of hydrogen-bond acceptors (Lipinski definition) is 6. The van der Waals surface area contributed by atoms with Crippen molar-refractivity contribution in [2.24, 2.45) is 0 Å². The minimum absolute atomic E-state index is 0.0696. The molecule has 1 aromatic carbocycles. The number of nitrogens with zero attached hydrogens (tertiary/aromatic N) is 2. The zero-order valence-corrected chi connectivity index (χ0v) is 15.0. The van der Waals surface area contributed by atoms with Crippen LogP contribution in [-0.4, -0.2) is 41.5 Å². The van der Waals surface area contributed by atoms with Gasteiger partial charge in [0.1, 0.15) is 12.0 Å². The number of amides is 1. The molecule has 7 nitrogen and oxygen atoms in total. The Labute approximate surface area is 146 Å². The van der Waals surface area contributed by atoms with E-state index in [4.69, 9.17) is 9.15 Å². The van der Waals surface area contributed by atoms with Crippen molar-refractivity contribution >= 4 is 11.9 Å². The van der Waals surface area contributed by atoms with Crippen LogP contribution in [0.3, 0.4) is 0 Å². The highest BCUT2D eigenvalue weighted by Crippen LogP contribution is 2.22. The van der Waals surface area contributed by atoms with Gasteiger partial charge >= 0.3 is 5.97 Å². The highest BCUT2D eigenvalue weighted by Gasteiger charge is 2.29. The molecular weight excluding hydrogens is 324 g/mol. The van der Waals surface area contributed by atoms with Crippen molar-refractivity contribution in [3.8, 4) is 5.75 Å². The van der Waals surface area contributed by atoms with Gasteiger partial charge in [0, 0.05) is 11.1 Å². The van der Waals surface area contributed by atoms with Crippen molar-refractivity contribution in [2.75, 3.05) is 14.2 Å². The fourth-order valence-corrected chi connectivity index (χ4v) is 2.24. The molecule has 134 valence electrons. The van der Waals surface area contributed by atoms with Crippen molar-refractivity contribution in [1.82, 2.24) is 9.88 Å². The Hall–Kier alpha value is -2.83. The molecule has 0 saturated heterocycles. The molecule has 0 fully saturated rings. The van der Waals surface area contributed by atoms with E-state index in [0.29, 0.717) is 11.3 Å². The van der Waals surface area contributed by atoms with Gasteiger partial charge in [-0.3, -0.25) is 4.79 Å². The van der Waals surface area contributed by atoms with Crippen LogP contribution in [0.2, 0.25) is 0 Å². The number of ether oxygens (including phenoxy) is 2. The summed E-state index contributed by atoms with van der Waals surface area (Å²) in [6.45, 7) is 5.86. The quantitative estimate of drug-likeness (QED) is 0.774. The van der Waals surface area contributed by atoms with Crippen molar-refractivity contribution in [3.05, 3.63) is 47.7 Å². The number of methoxy groups -OCH3 is 2. The molecule has 7 heteroatoms. The van der Waals surface area contributed by atoms with E-state index in [1.165, 1.54) is 13.4 Å². The Morgan fingerprint density at radius 1 is 1.24 bits per heavy atom. The summed E-state index contributed by atoms with van der Waals surface area (Å²) in [5, 5.41) is 0. The van der Waals surface area contributed by atoms with E-state index in [2.05, 4.69) is 9.72 Å². The molecule has 0 aliphatic carbocycles. The maximum absolute atomic E-state index is 13.0. The van der Waals surface area contributed by atoms with Gasteiger partial charge in [0.2, 0.25) is 5.89 Å². The smallest absolute Gasteiger partial charge is 0.360 e. The summed E-state index contributed by atoms with van der Waals surface area (Å²) >= 11 is 0. The van der Waals surface area contributed by atoms with Gasteiger partial charge in [-0.15, -0.1) is 0 Å². The van der Waals surface area contributed by atoms with Crippen LogP contribution in [0.1, 0.15) is 47.5 Å². The van der Waals surface area contributed by atoms with Crippen LogP contribution in [0.15, 0.2) is 34.9 Å². The number of rotatable bonds is 5. The van der Waals surface area contributed by atoms with E-state index in [1.807, 2.05) is 20.8 Å². The first kappa shape index (κ1) is 18.5. The van der Waals surface area contributed by atoms with Gasteiger partial charge < -0.3 is 18.8 Å². The Balaban J connectivity index is 2.28. The summed E-state index contributed by atoms with van der Waals surface area (Å²) in [7, 11) is 2.82. The van der Waals surface area contributed by atoms with Crippen LogP contribution in [0.4, 0.5) is 0 Å². The summed E-state index contributed by atoms with van der Waals surface area (Å²) in [5.74, 6) is 0.0797. The largest absolute Gasteiger partial charge is 0.497 e. The lowest BCUT2D eigenvalue weighted by Crippen LogP contribution is -2.45. The van der Waals surface area contributed by atoms with Gasteiger partial charge in [0.15, 0.2) is 5.69 Å². The summed E-state index contributed by atoms with van der Waals surface area (Å²) in [4.78, 5) is 30.2. The monoisotopic (exact) mass is 346 g/mol. The molecule has 0 N–H and O–H groups in total. The van der Waals surface area contributed by atoms with Crippen LogP contribution in [0.25, 0.3) is 0 Å². The molecule has 0 bridgehead atoms. The van der Waals surface area contributed by atoms with Crippen LogP contribution in [0.5, 0.6) is 5.75 Å². The third kappa shape index (κ3) is 4.37. The lowest BCUT2D eigenvalue weighted by atomic mass is 10.0. The Morgan fingerprint density at radius 3 is 2.56 bits per heavy atom. The molecule has 1 aromatic heterocycles. The molecule has 0 atom stereocenters. The van der Waals surface area contributed by atoms with Gasteiger partial charge in [-0.2, -0.15) is 0 Å². The van der Waals surface area contributed by atoms with Gasteiger partial charge in [-0.05, 0) is 39.0 Å². The second-order valence-electron chi connectivity index (χ2n) is 6.41. The highest BCUT2D eigenvalue weighted by molar-refractivity contribution is 5.95. The number of carbonyl (C=O) groups excluding carboxylic acids is 2. The predicted molar refractivity (Wildman–Crippen MR) is 90.5 cm³/mol. The van der Waals surface area contributed by atoms with E-state index in [9.17, 15) is 9.59 Å². The predicted octanol–water partition coefficient (Wildman–Crippen LogP) is 2.91. The number of hydrogen-bond donors (Lipinski definition) is 0. The fourth-order valence-electron chi connectivity index (χ4n) is 2.24. The molecule has 25 heavy (non-hydrogen) atoms. The van der Waals surface area contributed by atoms with Crippen molar-refractivity contribution in [1.29, 1.82) is 0 Å². The molecule has 0 spiro atoms. The molecule has 2 rings (SSSR count). The lowest BCUT2D eigenvalue weighted by Gasteiger charge is -2.35. The fraction of sp³-hybridized carbons (Fsp3) is 0.389. The third-order valence-corrected chi connectivity index (χ3v) is 3.61. The Kier molecular flexibility index (Phi) is 5.46. The molecule has 2 aromatic rings. The summed E-state index contributed by atoms with van der Waals surface area (Å²) < 4.78 is 15.1. The number of oxazole rings is 1. The molecule has 0 radical (unpaired) electrons. The van der Waals surface area contributed by atoms with Crippen molar-refractivity contribution in [2.45, 2.75) is 32.9 Å². The van der Waals surface area contributed by atoms with Crippen LogP contribution >= 0.6 is 0 Å². The molecule has 0 saturated carbocycles. The second kappa shape index (κ2) is 7.38. The first-order valence-corrected chi connectivity index (χ1v) is 7.75. The average molecular weight is 346 g/mol. The van der Waals surface area contributed by atoms with Gasteiger partial charge in [0.05, 0.1) is 20.8 Å². The summed E-state index contributed by atoms with van der Waals surface area (Å²) in [6.07, 6.45) is 1.22. The SMILES string of the molecule is COC(=O)c1coc(CN(C(=O)c2cccc(OC)c2)C(C)(C)C)n1. The molecule has 1 heterocycles. The Bertz CT molecular complexity index is 761. The van der Waals surface area contributed by atoms with Crippen molar-refractivity contribution in [3.63, 3.8) is 0 Å². The topological polar surface area (TPSA) is 81.9 Å². The van der Waals surface area contributed by atoms with E-state index >= 15 is 0 Å². The minimum Gasteiger partial charge on any atom is -0.497 e. The maximum Gasteiger partial charge on any atom is 0.360 e. The minimum atomic E-state index is -0.587. The molecule has 0 unspecified atom stereocenters. The Morgan fingerprint density at radius 2 is 1.96 bits per heavy atom. The van der Waals surface area contributed by atoms with Gasteiger partial charge in [-0.25, -0.2) is 9.78 Å². The van der Waals surface area contributed by atoms with Crippen LogP contribution in [-0.2, 0) is 11.3 Å². The standard InChI is InChI=1S/C18H22N2O5/c1-18(2,3)20(10-15-19-14(11-25-15)17(22)24-5)16(21)12-7-6-8-13(9-12)23-4/h6-9,11H,10H2,1-5H3. The van der Waals surface area contributed by atoms with E-state index < -0.39 is 11.5 Å². The molecule has 0 aliphatic rings. The number of carbonyl (C=O) groups is 2. The normalized spacial score (nSPS) is 11.1. The maximum atomic E-state index is 13.0. The summed E-state index contributed by atoms with van der Waals surface area (Å²) in [6, 6.07) is 6.93. The summed E-state index contributed by atoms with van der Waals surface area (Å²) in [5.41, 5.74) is 0.0780. The van der Waals surface area contributed by atoms with E-state index in [-0.39, 0.29) is 24.0 Å². The lowest BCUT2D eigenvalue weighted by molar-refractivity contribution is 0.0532. The third-order valence-electron chi connectivity index (χ3n) is 3.61. The van der Waals surface area contributed by atoms with Crippen molar-refractivity contribution < 1.29 is 23.5 Å². The average Bonchev–Trinajstić information content (AvgIpc) is 3.06. The number of aromatic nitrogens is 1. The zero-order valence-electron chi connectivity index (χ0n) is 15.0. The number of esters is 1. The highest BCUT2D eigenvalue weighted by atomic mass is 16.5. The van der Waals surface area contributed by atoms with Crippen LogP contribution < -0.4 is 4.74 Å². The zero-order chi connectivity index (χ0) is 18.6. The second-order valence-corrected chi connectivity index (χ2v) is 6.41. The van der Waals surface area contributed by atoms with Gasteiger partial charge in [0.25, 0.3) is 5.91 Å². The first-order chi connectivity index (χ1) is 11.8. The van der Waals surface area contributed by atoms with Crippen LogP contribution in [0, 0.1) is 0 Å². The molecule has 0 aliphatic heterocycles. The van der Waals surface area contributed by atoms with E-state index in [1.54, 1.807) is 36.3 Å². The molecular formula is C18H22N2O5. The molecule has 1 amide bonds.